The molecule has 202 valence electrons. The number of hydrogen-bond donors (Lipinski definition) is 1. The van der Waals surface area contributed by atoms with Crippen LogP contribution in [-0.2, 0) is 14.6 Å². The van der Waals surface area contributed by atoms with Gasteiger partial charge in [0.2, 0.25) is 0 Å². The lowest BCUT2D eigenvalue weighted by Gasteiger charge is -2.24. The fraction of sp³-hybridized carbons (Fsp3) is 0.200. The summed E-state index contributed by atoms with van der Waals surface area (Å²) in [4.78, 5) is 45.2. The van der Waals surface area contributed by atoms with Crippen LogP contribution in [0.15, 0.2) is 71.9 Å². The van der Waals surface area contributed by atoms with Crippen molar-refractivity contribution < 1.29 is 36.0 Å². The smallest absolute Gasteiger partial charge is 0.319 e. The Balaban J connectivity index is 1.51. The third kappa shape index (κ3) is 4.21. The third-order valence-corrected chi connectivity index (χ3v) is 8.45. The molecule has 5 rings (SSSR count). The molecular formula is C25H18ClF3N4O5S. The molecule has 2 unspecified atom stereocenters. The highest BCUT2D eigenvalue weighted by molar-refractivity contribution is 7.92. The summed E-state index contributed by atoms with van der Waals surface area (Å²) in [6.07, 6.45) is 2.98. The van der Waals surface area contributed by atoms with Gasteiger partial charge in [-0.2, -0.15) is 13.2 Å². The van der Waals surface area contributed by atoms with Crippen LogP contribution in [0.25, 0.3) is 0 Å². The highest BCUT2D eigenvalue weighted by atomic mass is 35.5. The van der Waals surface area contributed by atoms with Gasteiger partial charge in [0.15, 0.2) is 0 Å². The van der Waals surface area contributed by atoms with Gasteiger partial charge in [-0.15, -0.1) is 0 Å². The number of carbonyl (C=O) groups is 3. The number of benzene rings is 2. The van der Waals surface area contributed by atoms with Crippen LogP contribution in [0.5, 0.6) is 0 Å². The molecule has 3 aromatic rings. The van der Waals surface area contributed by atoms with Crippen LogP contribution in [0.1, 0.15) is 23.7 Å². The number of hydrogen-bond acceptors (Lipinski definition) is 6. The molecule has 1 saturated carbocycles. The first-order valence-electron chi connectivity index (χ1n) is 11.4. The van der Waals surface area contributed by atoms with Gasteiger partial charge in [0, 0.05) is 16.8 Å². The molecule has 1 saturated heterocycles. The number of rotatable bonds is 5. The molecule has 1 aliphatic carbocycles. The van der Waals surface area contributed by atoms with Gasteiger partial charge in [0.05, 0.1) is 28.2 Å². The van der Waals surface area contributed by atoms with Gasteiger partial charge in [-0.25, -0.2) is 18.1 Å². The number of amides is 4. The minimum atomic E-state index is -5.61. The summed E-state index contributed by atoms with van der Waals surface area (Å²) in [5.74, 6) is -1.45. The van der Waals surface area contributed by atoms with E-state index < -0.39 is 43.6 Å². The molecule has 2 aromatic carbocycles. The van der Waals surface area contributed by atoms with Crippen molar-refractivity contribution in [2.75, 3.05) is 15.1 Å². The Bertz CT molecular complexity index is 1630. The molecule has 2 atom stereocenters. The van der Waals surface area contributed by atoms with Crippen molar-refractivity contribution in [3.05, 3.63) is 77.6 Å². The summed E-state index contributed by atoms with van der Waals surface area (Å²) >= 11 is 5.98. The first-order chi connectivity index (χ1) is 18.3. The van der Waals surface area contributed by atoms with Crippen LogP contribution < -0.4 is 15.1 Å². The minimum absolute atomic E-state index is 0.106. The van der Waals surface area contributed by atoms with Crippen LogP contribution in [0.3, 0.4) is 0 Å². The maximum atomic E-state index is 13.7. The number of carbonyl (C=O) groups excluding carboxylic acids is 3. The number of alkyl halides is 3. The lowest BCUT2D eigenvalue weighted by atomic mass is 10.1. The van der Waals surface area contributed by atoms with Crippen LogP contribution >= 0.6 is 11.6 Å². The molecular weight excluding hydrogens is 561 g/mol. The second-order valence-corrected chi connectivity index (χ2v) is 11.5. The Labute approximate surface area is 225 Å². The second-order valence-electron chi connectivity index (χ2n) is 9.09. The highest BCUT2D eigenvalue weighted by Crippen LogP contribution is 2.56. The fourth-order valence-corrected chi connectivity index (χ4v) is 5.57. The second kappa shape index (κ2) is 9.06. The summed E-state index contributed by atoms with van der Waals surface area (Å²) in [6.45, 7) is 1.76. The molecule has 1 aliphatic heterocycles. The lowest BCUT2D eigenvalue weighted by Crippen LogP contribution is -2.39. The van der Waals surface area contributed by atoms with E-state index in [0.717, 1.165) is 17.0 Å². The number of sulfone groups is 1. The van der Waals surface area contributed by atoms with E-state index in [2.05, 4.69) is 10.3 Å². The van der Waals surface area contributed by atoms with E-state index in [1.54, 1.807) is 19.1 Å². The summed E-state index contributed by atoms with van der Waals surface area (Å²) in [5.41, 5.74) is -6.36. The molecule has 4 amide bonds. The Morgan fingerprint density at radius 1 is 1.13 bits per heavy atom. The Hall–Kier alpha value is -3.97. The van der Waals surface area contributed by atoms with Gasteiger partial charge >= 0.3 is 11.5 Å². The van der Waals surface area contributed by atoms with Crippen molar-refractivity contribution in [2.45, 2.75) is 29.3 Å². The molecule has 0 radical (unpaired) electrons. The highest BCUT2D eigenvalue weighted by Gasteiger charge is 2.71. The summed E-state index contributed by atoms with van der Waals surface area (Å²) < 4.78 is 62.3. The monoisotopic (exact) mass is 578 g/mol. The van der Waals surface area contributed by atoms with Crippen molar-refractivity contribution in [1.29, 1.82) is 0 Å². The number of nitrogens with one attached hydrogen (secondary N) is 1. The SMILES string of the molecule is CC1CC12C(=O)N(c1ccc(S(=O)(=O)C(F)(F)F)cc1)C(=O)N2c1ccncc1NC(=O)c1cccc(Cl)c1. The van der Waals surface area contributed by atoms with Gasteiger partial charge in [-0.05, 0) is 60.9 Å². The van der Waals surface area contributed by atoms with Gasteiger partial charge in [0.25, 0.3) is 21.7 Å². The Morgan fingerprint density at radius 2 is 1.79 bits per heavy atom. The number of anilines is 3. The van der Waals surface area contributed by atoms with Crippen LogP contribution in [0.2, 0.25) is 5.02 Å². The third-order valence-electron chi connectivity index (χ3n) is 6.71. The van der Waals surface area contributed by atoms with E-state index in [9.17, 15) is 36.0 Å². The summed E-state index contributed by atoms with van der Waals surface area (Å²) in [5, 5.41) is 3.02. The predicted octanol–water partition coefficient (Wildman–Crippen LogP) is 5.03. The van der Waals surface area contributed by atoms with Crippen molar-refractivity contribution >= 4 is 56.3 Å². The average molecular weight is 579 g/mol. The summed E-state index contributed by atoms with van der Waals surface area (Å²) in [6, 6.07) is 10.1. The van der Waals surface area contributed by atoms with Crippen molar-refractivity contribution in [2.24, 2.45) is 5.92 Å². The quantitative estimate of drug-likeness (QED) is 0.424. The van der Waals surface area contributed by atoms with Crippen LogP contribution in [-0.4, -0.2) is 42.3 Å². The Kier molecular flexibility index (Phi) is 6.18. The van der Waals surface area contributed by atoms with Gasteiger partial charge < -0.3 is 5.32 Å². The van der Waals surface area contributed by atoms with Crippen molar-refractivity contribution in [3.63, 3.8) is 0 Å². The number of urea groups is 1. The topological polar surface area (TPSA) is 117 Å². The molecule has 2 heterocycles. The molecule has 14 heteroatoms. The molecule has 1 spiro atoms. The summed E-state index contributed by atoms with van der Waals surface area (Å²) in [7, 11) is -5.61. The Morgan fingerprint density at radius 3 is 2.38 bits per heavy atom. The number of pyridine rings is 1. The molecule has 1 aromatic heterocycles. The van der Waals surface area contributed by atoms with Gasteiger partial charge in [0.1, 0.15) is 5.54 Å². The maximum absolute atomic E-state index is 13.7. The van der Waals surface area contributed by atoms with Crippen LogP contribution in [0, 0.1) is 5.92 Å². The molecule has 0 bridgehead atoms. The number of halogens is 4. The minimum Gasteiger partial charge on any atom is -0.319 e. The molecule has 9 nitrogen and oxygen atoms in total. The van der Waals surface area contributed by atoms with E-state index in [0.29, 0.717) is 23.6 Å². The zero-order chi connectivity index (χ0) is 28.3. The van der Waals surface area contributed by atoms with Crippen LogP contribution in [0.4, 0.5) is 35.0 Å². The van der Waals surface area contributed by atoms with Gasteiger partial charge in [-0.3, -0.25) is 19.5 Å². The van der Waals surface area contributed by atoms with E-state index in [4.69, 9.17) is 11.6 Å². The molecule has 39 heavy (non-hydrogen) atoms. The van der Waals surface area contributed by atoms with Crippen molar-refractivity contribution in [3.8, 4) is 0 Å². The van der Waals surface area contributed by atoms with E-state index in [-0.39, 0.29) is 28.5 Å². The number of nitrogens with zero attached hydrogens (tertiary/aromatic N) is 3. The molecule has 1 N–H and O–H groups in total. The van der Waals surface area contributed by atoms with Gasteiger partial charge in [-0.1, -0.05) is 24.6 Å². The lowest BCUT2D eigenvalue weighted by molar-refractivity contribution is -0.119. The van der Waals surface area contributed by atoms with E-state index in [1.807, 2.05) is 0 Å². The standard InChI is InChI=1S/C25H18ClF3N4O5S/c1-14-12-24(14)22(35)32(17-5-7-18(8-6-17)39(37,38)25(27,28)29)23(36)33(24)20-9-10-30-13-19(20)31-21(34)15-3-2-4-16(26)11-15/h2-11,13-14H,12H2,1H3,(H,31,34). The fourth-order valence-electron chi connectivity index (χ4n) is 4.62. The number of imide groups is 1. The van der Waals surface area contributed by atoms with E-state index in [1.165, 1.54) is 35.5 Å². The normalized spacial score (nSPS) is 21.0. The first-order valence-corrected chi connectivity index (χ1v) is 13.3. The van der Waals surface area contributed by atoms with Crippen molar-refractivity contribution in [1.82, 2.24) is 4.98 Å². The number of aromatic nitrogens is 1. The van der Waals surface area contributed by atoms with E-state index >= 15 is 0 Å². The largest absolute Gasteiger partial charge is 0.501 e. The zero-order valence-electron chi connectivity index (χ0n) is 19.9. The molecule has 2 aliphatic rings. The molecule has 2 fully saturated rings. The average Bonchev–Trinajstić information content (AvgIpc) is 3.50. The zero-order valence-corrected chi connectivity index (χ0v) is 21.5. The first kappa shape index (κ1) is 26.6. The maximum Gasteiger partial charge on any atom is 0.501 e. The predicted molar refractivity (Wildman–Crippen MR) is 135 cm³/mol.